The molecule has 0 spiro atoms. The van der Waals surface area contributed by atoms with E-state index in [0.717, 1.165) is 24.1 Å². The number of benzene rings is 2. The van der Waals surface area contributed by atoms with Crippen LogP contribution >= 0.6 is 0 Å². The van der Waals surface area contributed by atoms with Crippen LogP contribution in [0.5, 0.6) is 23.0 Å². The number of carboxylic acids is 1. The van der Waals surface area contributed by atoms with Gasteiger partial charge in [-0.1, -0.05) is 6.07 Å². The number of methoxy groups -OCH3 is 4. The number of likely N-dealkylation sites (tertiary alicyclic amines) is 1. The average Bonchev–Trinajstić information content (AvgIpc) is 2.79. The molecule has 1 aliphatic heterocycles. The molecule has 1 fully saturated rings. The van der Waals surface area contributed by atoms with Gasteiger partial charge in [0.05, 0.1) is 40.4 Å². The molecule has 7 nitrogen and oxygen atoms in total. The zero-order valence-corrected chi connectivity index (χ0v) is 17.9. The van der Waals surface area contributed by atoms with Crippen molar-refractivity contribution in [3.05, 3.63) is 47.5 Å². The van der Waals surface area contributed by atoms with Gasteiger partial charge in [0.1, 0.15) is 11.5 Å². The van der Waals surface area contributed by atoms with Crippen LogP contribution in [0.1, 0.15) is 30.0 Å². The van der Waals surface area contributed by atoms with Crippen molar-refractivity contribution < 1.29 is 28.8 Å². The number of rotatable bonds is 8. The van der Waals surface area contributed by atoms with E-state index >= 15 is 0 Å². The van der Waals surface area contributed by atoms with Crippen molar-refractivity contribution in [2.45, 2.75) is 18.9 Å². The summed E-state index contributed by atoms with van der Waals surface area (Å²) in [6.45, 7) is 1.25. The van der Waals surface area contributed by atoms with E-state index in [2.05, 4.69) is 4.90 Å². The predicted octanol–water partition coefficient (Wildman–Crippen LogP) is 3.61. The highest BCUT2D eigenvalue weighted by molar-refractivity contribution is 5.70. The zero-order chi connectivity index (χ0) is 21.7. The summed E-state index contributed by atoms with van der Waals surface area (Å²) in [7, 11) is 6.44. The summed E-state index contributed by atoms with van der Waals surface area (Å²) in [5.41, 5.74) is 1.92. The summed E-state index contributed by atoms with van der Waals surface area (Å²) in [5, 5.41) is 9.59. The smallest absolute Gasteiger partial charge is 0.307 e. The van der Waals surface area contributed by atoms with E-state index in [4.69, 9.17) is 18.9 Å². The lowest BCUT2D eigenvalue weighted by atomic mass is 9.90. The van der Waals surface area contributed by atoms with Crippen molar-refractivity contribution in [2.24, 2.45) is 5.92 Å². The SMILES string of the molecule is COc1ccc(C(c2ccc(OC)c(OC)c2)N2CCCC(C(=O)O)C2)c(OC)c1. The first-order chi connectivity index (χ1) is 14.5. The third-order valence-electron chi connectivity index (χ3n) is 5.63. The number of hydrogen-bond donors (Lipinski definition) is 1. The van der Waals surface area contributed by atoms with E-state index in [9.17, 15) is 9.90 Å². The Morgan fingerprint density at radius 2 is 1.70 bits per heavy atom. The Morgan fingerprint density at radius 3 is 2.33 bits per heavy atom. The minimum atomic E-state index is -0.757. The lowest BCUT2D eigenvalue weighted by Crippen LogP contribution is -2.41. The number of nitrogens with zero attached hydrogens (tertiary/aromatic N) is 1. The Morgan fingerprint density at radius 1 is 0.967 bits per heavy atom. The summed E-state index contributed by atoms with van der Waals surface area (Å²) >= 11 is 0. The van der Waals surface area contributed by atoms with Gasteiger partial charge in [-0.3, -0.25) is 9.69 Å². The van der Waals surface area contributed by atoms with Gasteiger partial charge < -0.3 is 24.1 Å². The third kappa shape index (κ3) is 4.46. The first-order valence-electron chi connectivity index (χ1n) is 9.93. The molecule has 2 unspecified atom stereocenters. The van der Waals surface area contributed by atoms with Crippen LogP contribution in [0.25, 0.3) is 0 Å². The second kappa shape index (κ2) is 9.71. The van der Waals surface area contributed by atoms with Gasteiger partial charge in [0.15, 0.2) is 11.5 Å². The van der Waals surface area contributed by atoms with E-state index in [1.165, 1.54) is 0 Å². The van der Waals surface area contributed by atoms with Gasteiger partial charge in [0.2, 0.25) is 0 Å². The Balaban J connectivity index is 2.11. The molecule has 2 atom stereocenters. The minimum absolute atomic E-state index is 0.201. The topological polar surface area (TPSA) is 77.5 Å². The molecule has 3 rings (SSSR count). The zero-order valence-electron chi connectivity index (χ0n) is 17.9. The van der Waals surface area contributed by atoms with Gasteiger partial charge in [-0.15, -0.1) is 0 Å². The third-order valence-corrected chi connectivity index (χ3v) is 5.63. The lowest BCUT2D eigenvalue weighted by Gasteiger charge is -2.38. The van der Waals surface area contributed by atoms with Crippen LogP contribution in [0.4, 0.5) is 0 Å². The molecule has 0 amide bonds. The molecule has 0 radical (unpaired) electrons. The highest BCUT2D eigenvalue weighted by Crippen LogP contribution is 2.41. The maximum atomic E-state index is 11.7. The molecule has 1 saturated heterocycles. The molecule has 1 heterocycles. The van der Waals surface area contributed by atoms with E-state index in [1.54, 1.807) is 28.4 Å². The fourth-order valence-electron chi connectivity index (χ4n) is 4.10. The number of carboxylic acid groups (broad SMARTS) is 1. The standard InChI is InChI=1S/C23H29NO6/c1-27-17-8-9-18(20(13-17)29-3)22(24-11-5-6-16(14-24)23(25)26)15-7-10-19(28-2)21(12-15)30-4/h7-10,12-13,16,22H,5-6,11,14H2,1-4H3,(H,25,26). The van der Waals surface area contributed by atoms with Crippen molar-refractivity contribution in [3.63, 3.8) is 0 Å². The summed E-state index contributed by atoms with van der Waals surface area (Å²) in [5.74, 6) is 1.50. The molecule has 162 valence electrons. The van der Waals surface area contributed by atoms with Gasteiger partial charge in [-0.2, -0.15) is 0 Å². The van der Waals surface area contributed by atoms with Crippen LogP contribution in [-0.4, -0.2) is 57.5 Å². The molecule has 2 aromatic carbocycles. The lowest BCUT2D eigenvalue weighted by molar-refractivity contribution is -0.143. The molecule has 7 heteroatoms. The first-order valence-corrected chi connectivity index (χ1v) is 9.93. The summed E-state index contributed by atoms with van der Waals surface area (Å²) in [4.78, 5) is 13.9. The molecule has 0 saturated carbocycles. The molecule has 1 aliphatic rings. The van der Waals surface area contributed by atoms with Crippen LogP contribution in [0.2, 0.25) is 0 Å². The number of hydrogen-bond acceptors (Lipinski definition) is 6. The second-order valence-corrected chi connectivity index (χ2v) is 7.30. The summed E-state index contributed by atoms with van der Waals surface area (Å²) < 4.78 is 21.9. The largest absolute Gasteiger partial charge is 0.497 e. The maximum Gasteiger partial charge on any atom is 0.307 e. The van der Waals surface area contributed by atoms with Crippen LogP contribution in [0.15, 0.2) is 36.4 Å². The van der Waals surface area contributed by atoms with E-state index in [-0.39, 0.29) is 6.04 Å². The monoisotopic (exact) mass is 415 g/mol. The Hall–Kier alpha value is -2.93. The van der Waals surface area contributed by atoms with Crippen molar-refractivity contribution in [2.75, 3.05) is 41.5 Å². The van der Waals surface area contributed by atoms with Gasteiger partial charge in [-0.25, -0.2) is 0 Å². The quantitative estimate of drug-likeness (QED) is 0.706. The minimum Gasteiger partial charge on any atom is -0.497 e. The second-order valence-electron chi connectivity index (χ2n) is 7.30. The van der Waals surface area contributed by atoms with E-state index in [1.807, 2.05) is 36.4 Å². The fourth-order valence-corrected chi connectivity index (χ4v) is 4.10. The van der Waals surface area contributed by atoms with Crippen molar-refractivity contribution in [3.8, 4) is 23.0 Å². The molecular formula is C23H29NO6. The average molecular weight is 415 g/mol. The van der Waals surface area contributed by atoms with Crippen LogP contribution in [0, 0.1) is 5.92 Å². The number of carbonyl (C=O) groups is 1. The predicted molar refractivity (Wildman–Crippen MR) is 113 cm³/mol. The Labute approximate surface area is 177 Å². The van der Waals surface area contributed by atoms with Crippen molar-refractivity contribution in [1.82, 2.24) is 4.90 Å². The van der Waals surface area contributed by atoms with Crippen molar-refractivity contribution in [1.29, 1.82) is 0 Å². The summed E-state index contributed by atoms with van der Waals surface area (Å²) in [6.07, 6.45) is 1.50. The van der Waals surface area contributed by atoms with Gasteiger partial charge in [-0.05, 0) is 49.2 Å². The molecule has 0 aliphatic carbocycles. The number of ether oxygens (including phenoxy) is 4. The highest BCUT2D eigenvalue weighted by Gasteiger charge is 2.33. The summed E-state index contributed by atoms with van der Waals surface area (Å²) in [6, 6.07) is 11.3. The molecule has 2 aromatic rings. The number of piperidine rings is 1. The van der Waals surface area contributed by atoms with E-state index in [0.29, 0.717) is 36.0 Å². The van der Waals surface area contributed by atoms with Gasteiger partial charge in [0, 0.05) is 18.2 Å². The van der Waals surface area contributed by atoms with Crippen LogP contribution in [-0.2, 0) is 4.79 Å². The molecule has 0 aromatic heterocycles. The molecular weight excluding hydrogens is 386 g/mol. The molecule has 0 bridgehead atoms. The normalized spacial score (nSPS) is 17.8. The number of aliphatic carboxylic acids is 1. The Kier molecular flexibility index (Phi) is 7.05. The van der Waals surface area contributed by atoms with E-state index < -0.39 is 11.9 Å². The van der Waals surface area contributed by atoms with Crippen molar-refractivity contribution >= 4 is 5.97 Å². The van der Waals surface area contributed by atoms with Crippen LogP contribution in [0.3, 0.4) is 0 Å². The van der Waals surface area contributed by atoms with Crippen LogP contribution < -0.4 is 18.9 Å². The maximum absolute atomic E-state index is 11.7. The van der Waals surface area contributed by atoms with Gasteiger partial charge in [0.25, 0.3) is 0 Å². The molecule has 30 heavy (non-hydrogen) atoms. The Bertz CT molecular complexity index is 884. The highest BCUT2D eigenvalue weighted by atomic mass is 16.5. The van der Waals surface area contributed by atoms with Gasteiger partial charge >= 0.3 is 5.97 Å². The first kappa shape index (κ1) is 21.8. The fraction of sp³-hybridized carbons (Fsp3) is 0.435. The molecule has 1 N–H and O–H groups in total.